The third-order valence-corrected chi connectivity index (χ3v) is 4.36. The fourth-order valence-electron chi connectivity index (χ4n) is 2.94. The number of rotatable bonds is 5. The summed E-state index contributed by atoms with van der Waals surface area (Å²) in [5.41, 5.74) is 1.42. The van der Waals surface area contributed by atoms with Gasteiger partial charge in [0, 0.05) is 5.56 Å². The summed E-state index contributed by atoms with van der Waals surface area (Å²) in [6.07, 6.45) is 2.98. The molecule has 0 saturated heterocycles. The van der Waals surface area contributed by atoms with Gasteiger partial charge in [0.25, 0.3) is 5.91 Å². The fraction of sp³-hybridized carbons (Fsp3) is 0.263. The van der Waals surface area contributed by atoms with Gasteiger partial charge in [-0.15, -0.1) is 0 Å². The van der Waals surface area contributed by atoms with E-state index in [0.717, 1.165) is 24.8 Å². The highest BCUT2D eigenvalue weighted by Gasteiger charge is 2.39. The minimum absolute atomic E-state index is 0.0116. The van der Waals surface area contributed by atoms with E-state index < -0.39 is 0 Å². The average Bonchev–Trinajstić information content (AvgIpc) is 2.57. The zero-order chi connectivity index (χ0) is 16.1. The molecule has 0 radical (unpaired) electrons. The molecule has 0 aliphatic heterocycles. The highest BCUT2D eigenvalue weighted by atomic mass is 16.2. The molecule has 1 aliphatic rings. The molecular weight excluding hydrogens is 288 g/mol. The van der Waals surface area contributed by atoms with Crippen molar-refractivity contribution in [3.63, 3.8) is 0 Å². The van der Waals surface area contributed by atoms with Crippen molar-refractivity contribution in [1.82, 2.24) is 10.6 Å². The first kappa shape index (κ1) is 15.3. The first-order valence-electron chi connectivity index (χ1n) is 7.89. The van der Waals surface area contributed by atoms with Gasteiger partial charge in [-0.1, -0.05) is 48.5 Å². The standard InChI is InChI=1S/C19H20N2O2/c22-17(14-20-18(23)15-8-3-1-4-9-15)21-19(12-7-13-19)16-10-5-2-6-11-16/h1-6,8-11H,7,12-14H2,(H,20,23)(H,21,22). The van der Waals surface area contributed by atoms with Crippen LogP contribution in [0.4, 0.5) is 0 Å². The van der Waals surface area contributed by atoms with Crippen LogP contribution < -0.4 is 10.6 Å². The molecule has 2 amide bonds. The quantitative estimate of drug-likeness (QED) is 0.892. The highest BCUT2D eigenvalue weighted by molar-refractivity contribution is 5.96. The highest BCUT2D eigenvalue weighted by Crippen LogP contribution is 2.40. The van der Waals surface area contributed by atoms with Crippen LogP contribution in [0.2, 0.25) is 0 Å². The van der Waals surface area contributed by atoms with Crippen molar-refractivity contribution in [3.05, 3.63) is 71.8 Å². The number of carbonyl (C=O) groups is 2. The van der Waals surface area contributed by atoms with Crippen LogP contribution >= 0.6 is 0 Å². The van der Waals surface area contributed by atoms with Crippen molar-refractivity contribution in [2.45, 2.75) is 24.8 Å². The van der Waals surface area contributed by atoms with Gasteiger partial charge in [0.05, 0.1) is 12.1 Å². The molecule has 2 aromatic rings. The van der Waals surface area contributed by atoms with Crippen LogP contribution in [0.3, 0.4) is 0 Å². The zero-order valence-corrected chi connectivity index (χ0v) is 12.9. The minimum Gasteiger partial charge on any atom is -0.345 e. The van der Waals surface area contributed by atoms with Crippen molar-refractivity contribution >= 4 is 11.8 Å². The Morgan fingerprint density at radius 1 is 0.913 bits per heavy atom. The monoisotopic (exact) mass is 308 g/mol. The molecule has 0 aromatic heterocycles. The maximum absolute atomic E-state index is 12.2. The zero-order valence-electron chi connectivity index (χ0n) is 12.9. The van der Waals surface area contributed by atoms with Crippen molar-refractivity contribution < 1.29 is 9.59 Å². The van der Waals surface area contributed by atoms with Crippen molar-refractivity contribution in [2.75, 3.05) is 6.54 Å². The molecule has 0 bridgehead atoms. The van der Waals surface area contributed by atoms with E-state index in [1.54, 1.807) is 24.3 Å². The molecule has 118 valence electrons. The summed E-state index contributed by atoms with van der Waals surface area (Å²) in [7, 11) is 0. The van der Waals surface area contributed by atoms with Gasteiger partial charge >= 0.3 is 0 Å². The molecule has 1 aliphatic carbocycles. The molecular formula is C19H20N2O2. The number of amides is 2. The summed E-state index contributed by atoms with van der Waals surface area (Å²) in [6.45, 7) is -0.0116. The van der Waals surface area contributed by atoms with E-state index in [4.69, 9.17) is 0 Å². The molecule has 0 unspecified atom stereocenters. The van der Waals surface area contributed by atoms with Crippen LogP contribution in [0.5, 0.6) is 0 Å². The number of hydrogen-bond donors (Lipinski definition) is 2. The lowest BCUT2D eigenvalue weighted by Gasteiger charge is -2.43. The molecule has 1 fully saturated rings. The van der Waals surface area contributed by atoms with E-state index in [9.17, 15) is 9.59 Å². The largest absolute Gasteiger partial charge is 0.345 e. The van der Waals surface area contributed by atoms with Crippen LogP contribution in [0.25, 0.3) is 0 Å². The van der Waals surface area contributed by atoms with Gasteiger partial charge in [-0.25, -0.2) is 0 Å². The van der Waals surface area contributed by atoms with E-state index >= 15 is 0 Å². The summed E-state index contributed by atoms with van der Waals surface area (Å²) in [5, 5.41) is 5.77. The molecule has 0 spiro atoms. The Labute approximate surface area is 135 Å². The number of carbonyl (C=O) groups excluding carboxylic acids is 2. The maximum Gasteiger partial charge on any atom is 0.251 e. The smallest absolute Gasteiger partial charge is 0.251 e. The predicted octanol–water partition coefficient (Wildman–Crippen LogP) is 2.61. The van der Waals surface area contributed by atoms with Gasteiger partial charge in [0.2, 0.25) is 5.91 Å². The second kappa shape index (κ2) is 6.65. The van der Waals surface area contributed by atoms with Crippen LogP contribution in [0, 0.1) is 0 Å². The van der Waals surface area contributed by atoms with Crippen molar-refractivity contribution in [1.29, 1.82) is 0 Å². The maximum atomic E-state index is 12.2. The normalized spacial score (nSPS) is 15.3. The summed E-state index contributed by atoms with van der Waals surface area (Å²) < 4.78 is 0. The first-order chi connectivity index (χ1) is 11.2. The van der Waals surface area contributed by atoms with Crippen molar-refractivity contribution in [2.24, 2.45) is 0 Å². The van der Waals surface area contributed by atoms with E-state index in [1.807, 2.05) is 36.4 Å². The van der Waals surface area contributed by atoms with E-state index in [1.165, 1.54) is 0 Å². The number of hydrogen-bond acceptors (Lipinski definition) is 2. The third kappa shape index (κ3) is 3.42. The predicted molar refractivity (Wildman–Crippen MR) is 88.9 cm³/mol. The summed E-state index contributed by atoms with van der Waals surface area (Å²) in [5.74, 6) is -0.388. The molecule has 1 saturated carbocycles. The molecule has 23 heavy (non-hydrogen) atoms. The molecule has 2 N–H and O–H groups in total. The third-order valence-electron chi connectivity index (χ3n) is 4.36. The number of nitrogens with one attached hydrogen (secondary N) is 2. The van der Waals surface area contributed by atoms with Crippen LogP contribution in [0.15, 0.2) is 60.7 Å². The van der Waals surface area contributed by atoms with E-state index in [-0.39, 0.29) is 23.9 Å². The van der Waals surface area contributed by atoms with Gasteiger partial charge in [0.15, 0.2) is 0 Å². The average molecular weight is 308 g/mol. The molecule has 0 heterocycles. The summed E-state index contributed by atoms with van der Waals surface area (Å²) >= 11 is 0. The van der Waals surface area contributed by atoms with Crippen LogP contribution in [0.1, 0.15) is 35.2 Å². The van der Waals surface area contributed by atoms with Crippen LogP contribution in [-0.4, -0.2) is 18.4 Å². The Bertz CT molecular complexity index is 679. The SMILES string of the molecule is O=C(CNC(=O)c1ccccc1)NC1(c2ccccc2)CCC1. The lowest BCUT2D eigenvalue weighted by Crippen LogP contribution is -2.53. The Kier molecular flexibility index (Phi) is 4.42. The lowest BCUT2D eigenvalue weighted by molar-refractivity contribution is -0.123. The second-order valence-corrected chi connectivity index (χ2v) is 5.90. The number of benzene rings is 2. The van der Waals surface area contributed by atoms with Crippen molar-refractivity contribution in [3.8, 4) is 0 Å². The minimum atomic E-state index is -0.268. The van der Waals surface area contributed by atoms with E-state index in [0.29, 0.717) is 5.56 Å². The fourth-order valence-corrected chi connectivity index (χ4v) is 2.94. The first-order valence-corrected chi connectivity index (χ1v) is 7.89. The topological polar surface area (TPSA) is 58.2 Å². The Hall–Kier alpha value is -2.62. The second-order valence-electron chi connectivity index (χ2n) is 5.90. The van der Waals surface area contributed by atoms with E-state index in [2.05, 4.69) is 10.6 Å². The Morgan fingerprint density at radius 3 is 2.09 bits per heavy atom. The lowest BCUT2D eigenvalue weighted by atomic mass is 9.72. The van der Waals surface area contributed by atoms with Gasteiger partial charge < -0.3 is 10.6 Å². The molecule has 4 heteroatoms. The summed E-state index contributed by atoms with van der Waals surface area (Å²) in [6, 6.07) is 18.9. The van der Waals surface area contributed by atoms with Gasteiger partial charge in [-0.3, -0.25) is 9.59 Å². The summed E-state index contributed by atoms with van der Waals surface area (Å²) in [4.78, 5) is 24.2. The van der Waals surface area contributed by atoms with Gasteiger partial charge in [-0.2, -0.15) is 0 Å². The molecule has 0 atom stereocenters. The van der Waals surface area contributed by atoms with Gasteiger partial charge in [-0.05, 0) is 37.0 Å². The molecule has 4 nitrogen and oxygen atoms in total. The molecule has 2 aromatic carbocycles. The Balaban J connectivity index is 1.58. The van der Waals surface area contributed by atoms with Gasteiger partial charge in [0.1, 0.15) is 0 Å². The molecule has 3 rings (SSSR count). The Morgan fingerprint density at radius 2 is 1.52 bits per heavy atom. The van der Waals surface area contributed by atoms with Crippen LogP contribution in [-0.2, 0) is 10.3 Å².